The number of para-hydroxylation sites is 1. The number of nitrogens with zero attached hydrogens (tertiary/aromatic N) is 1. The molecule has 3 aromatic rings. The summed E-state index contributed by atoms with van der Waals surface area (Å²) in [5.74, 6) is 0.375. The number of anilines is 2. The number of rotatable bonds is 6. The Balaban J connectivity index is 1.71. The molecule has 0 atom stereocenters. The average Bonchev–Trinajstić information content (AvgIpc) is 2.97. The molecule has 1 amide bonds. The zero-order valence-electron chi connectivity index (χ0n) is 16.7. The van der Waals surface area contributed by atoms with Crippen LogP contribution in [0.25, 0.3) is 0 Å². The maximum Gasteiger partial charge on any atom is 0.261 e. The number of aromatic nitrogens is 1. The molecule has 7 nitrogen and oxygen atoms in total. The van der Waals surface area contributed by atoms with Crippen molar-refractivity contribution in [3.8, 4) is 0 Å². The van der Waals surface area contributed by atoms with Crippen molar-refractivity contribution in [2.24, 2.45) is 0 Å². The first-order chi connectivity index (χ1) is 13.7. The molecule has 0 radical (unpaired) electrons. The Bertz CT molecular complexity index is 1110. The minimum Gasteiger partial charge on any atom is -0.361 e. The number of hydrogen-bond acceptors (Lipinski definition) is 5. The van der Waals surface area contributed by atoms with E-state index in [0.717, 1.165) is 16.7 Å². The van der Waals surface area contributed by atoms with E-state index in [0.29, 0.717) is 22.8 Å². The van der Waals surface area contributed by atoms with Crippen molar-refractivity contribution in [3.63, 3.8) is 0 Å². The van der Waals surface area contributed by atoms with Crippen molar-refractivity contribution in [1.82, 2.24) is 5.16 Å². The molecule has 0 bridgehead atoms. The van der Waals surface area contributed by atoms with Crippen molar-refractivity contribution in [1.29, 1.82) is 0 Å². The van der Waals surface area contributed by atoms with Gasteiger partial charge < -0.3 is 9.84 Å². The number of sulfonamides is 1. The van der Waals surface area contributed by atoms with Crippen LogP contribution >= 0.6 is 0 Å². The number of nitrogens with one attached hydrogen (secondary N) is 2. The number of carbonyl (C=O) groups excluding carboxylic acids is 1. The molecule has 0 unspecified atom stereocenters. The lowest BCUT2D eigenvalue weighted by Gasteiger charge is -2.13. The second-order valence-corrected chi connectivity index (χ2v) is 8.61. The fourth-order valence-electron chi connectivity index (χ4n) is 3.01. The van der Waals surface area contributed by atoms with E-state index in [1.807, 2.05) is 32.0 Å². The molecule has 0 aliphatic carbocycles. The normalized spacial score (nSPS) is 11.3. The van der Waals surface area contributed by atoms with Gasteiger partial charge in [-0.2, -0.15) is 0 Å². The smallest absolute Gasteiger partial charge is 0.261 e. The van der Waals surface area contributed by atoms with E-state index >= 15 is 0 Å². The van der Waals surface area contributed by atoms with Crippen LogP contribution in [0.5, 0.6) is 0 Å². The SMILES string of the molecule is Cc1cccc(C)c1NS(=O)(=O)c1ccc(NC(=O)Cc2c(C)noc2C)cc1. The molecule has 2 N–H and O–H groups in total. The first kappa shape index (κ1) is 20.6. The molecule has 0 spiro atoms. The lowest BCUT2D eigenvalue weighted by molar-refractivity contribution is -0.115. The molecule has 1 heterocycles. The molecule has 0 saturated carbocycles. The van der Waals surface area contributed by atoms with Gasteiger partial charge >= 0.3 is 0 Å². The zero-order valence-corrected chi connectivity index (χ0v) is 17.6. The van der Waals surface area contributed by atoms with Crippen molar-refractivity contribution in [2.45, 2.75) is 39.0 Å². The summed E-state index contributed by atoms with van der Waals surface area (Å²) in [5, 5.41) is 6.59. The summed E-state index contributed by atoms with van der Waals surface area (Å²) >= 11 is 0. The minimum atomic E-state index is -3.74. The van der Waals surface area contributed by atoms with E-state index in [2.05, 4.69) is 15.2 Å². The highest BCUT2D eigenvalue weighted by Gasteiger charge is 2.17. The summed E-state index contributed by atoms with van der Waals surface area (Å²) in [5.41, 5.74) is 4.20. The Kier molecular flexibility index (Phi) is 5.74. The minimum absolute atomic E-state index is 0.115. The molecule has 1 aromatic heterocycles. The monoisotopic (exact) mass is 413 g/mol. The van der Waals surface area contributed by atoms with Gasteiger partial charge in [0.1, 0.15) is 5.76 Å². The zero-order chi connectivity index (χ0) is 21.2. The van der Waals surface area contributed by atoms with Crippen molar-refractivity contribution in [2.75, 3.05) is 10.0 Å². The van der Waals surface area contributed by atoms with Gasteiger partial charge in [-0.1, -0.05) is 23.4 Å². The molecule has 0 fully saturated rings. The molecule has 3 rings (SSSR count). The summed E-state index contributed by atoms with van der Waals surface area (Å²) < 4.78 is 33.1. The number of aryl methyl sites for hydroxylation is 4. The number of carbonyl (C=O) groups is 1. The Morgan fingerprint density at radius 3 is 2.17 bits per heavy atom. The maximum atomic E-state index is 12.7. The van der Waals surface area contributed by atoms with E-state index < -0.39 is 10.0 Å². The summed E-state index contributed by atoms with van der Waals surface area (Å²) in [6.45, 7) is 7.23. The van der Waals surface area contributed by atoms with Crippen LogP contribution in [0.4, 0.5) is 11.4 Å². The average molecular weight is 413 g/mol. The molecule has 2 aromatic carbocycles. The molecule has 29 heavy (non-hydrogen) atoms. The third-order valence-corrected chi connectivity index (χ3v) is 6.05. The highest BCUT2D eigenvalue weighted by atomic mass is 32.2. The van der Waals surface area contributed by atoms with Gasteiger partial charge in [0.25, 0.3) is 10.0 Å². The summed E-state index contributed by atoms with van der Waals surface area (Å²) in [4.78, 5) is 12.4. The van der Waals surface area contributed by atoms with E-state index in [4.69, 9.17) is 4.52 Å². The molecule has 0 saturated heterocycles. The van der Waals surface area contributed by atoms with Crippen molar-refractivity contribution >= 4 is 27.3 Å². The second-order valence-electron chi connectivity index (χ2n) is 6.92. The van der Waals surface area contributed by atoms with Crippen LogP contribution in [0.15, 0.2) is 51.9 Å². The Morgan fingerprint density at radius 2 is 1.62 bits per heavy atom. The number of hydrogen-bond donors (Lipinski definition) is 2. The lowest BCUT2D eigenvalue weighted by Crippen LogP contribution is -2.16. The van der Waals surface area contributed by atoms with Crippen molar-refractivity contribution < 1.29 is 17.7 Å². The van der Waals surface area contributed by atoms with Crippen LogP contribution in [0.3, 0.4) is 0 Å². The topological polar surface area (TPSA) is 101 Å². The summed E-state index contributed by atoms with van der Waals surface area (Å²) in [6, 6.07) is 11.6. The van der Waals surface area contributed by atoms with Crippen LogP contribution in [0.1, 0.15) is 28.1 Å². The van der Waals surface area contributed by atoms with E-state index in [1.165, 1.54) is 12.1 Å². The van der Waals surface area contributed by atoms with Gasteiger partial charge in [-0.3, -0.25) is 9.52 Å². The Morgan fingerprint density at radius 1 is 1.00 bits per heavy atom. The highest BCUT2D eigenvalue weighted by molar-refractivity contribution is 7.92. The molecular formula is C21H23N3O4S. The van der Waals surface area contributed by atoms with Crippen LogP contribution in [0.2, 0.25) is 0 Å². The Hall–Kier alpha value is -3.13. The van der Waals surface area contributed by atoms with Gasteiger partial charge in [-0.15, -0.1) is 0 Å². The number of amides is 1. The second kappa shape index (κ2) is 8.08. The standard InChI is InChI=1S/C21H23N3O4S/c1-13-6-5-7-14(2)21(13)24-29(26,27)18-10-8-17(9-11-18)22-20(25)12-19-15(3)23-28-16(19)4/h5-11,24H,12H2,1-4H3,(H,22,25). The quantitative estimate of drug-likeness (QED) is 0.638. The molecule has 8 heteroatoms. The first-order valence-corrected chi connectivity index (χ1v) is 10.6. The van der Waals surface area contributed by atoms with Crippen LogP contribution in [-0.2, 0) is 21.2 Å². The van der Waals surface area contributed by atoms with Gasteiger partial charge in [0, 0.05) is 11.3 Å². The number of benzene rings is 2. The van der Waals surface area contributed by atoms with Crippen molar-refractivity contribution in [3.05, 3.63) is 70.6 Å². The summed E-state index contributed by atoms with van der Waals surface area (Å²) in [7, 11) is -3.74. The third kappa shape index (κ3) is 4.65. The van der Waals surface area contributed by atoms with Gasteiger partial charge in [-0.25, -0.2) is 8.42 Å². The van der Waals surface area contributed by atoms with Crippen LogP contribution in [-0.4, -0.2) is 19.5 Å². The lowest BCUT2D eigenvalue weighted by atomic mass is 10.1. The van der Waals surface area contributed by atoms with Gasteiger partial charge in [-0.05, 0) is 63.1 Å². The van der Waals surface area contributed by atoms with Crippen LogP contribution in [0, 0.1) is 27.7 Å². The fraction of sp³-hybridized carbons (Fsp3) is 0.238. The third-order valence-electron chi connectivity index (χ3n) is 4.68. The van der Waals surface area contributed by atoms with E-state index in [9.17, 15) is 13.2 Å². The van der Waals surface area contributed by atoms with Gasteiger partial charge in [0.2, 0.25) is 5.91 Å². The predicted octanol–water partition coefficient (Wildman–Crippen LogP) is 3.89. The first-order valence-electron chi connectivity index (χ1n) is 9.08. The molecule has 0 aliphatic heterocycles. The molecular weight excluding hydrogens is 390 g/mol. The van der Waals surface area contributed by atoms with Gasteiger partial charge in [0.05, 0.1) is 22.7 Å². The van der Waals surface area contributed by atoms with E-state index in [-0.39, 0.29) is 17.2 Å². The molecule has 0 aliphatic rings. The predicted molar refractivity (Wildman–Crippen MR) is 111 cm³/mol. The largest absolute Gasteiger partial charge is 0.361 e. The maximum absolute atomic E-state index is 12.7. The van der Waals surface area contributed by atoms with Gasteiger partial charge in [0.15, 0.2) is 0 Å². The van der Waals surface area contributed by atoms with E-state index in [1.54, 1.807) is 26.0 Å². The van der Waals surface area contributed by atoms with Crippen LogP contribution < -0.4 is 10.0 Å². The highest BCUT2D eigenvalue weighted by Crippen LogP contribution is 2.24. The summed E-state index contributed by atoms with van der Waals surface area (Å²) in [6.07, 6.45) is 0.134. The Labute approximate surface area is 170 Å². The molecule has 152 valence electrons. The fourth-order valence-corrected chi connectivity index (χ4v) is 4.21.